The quantitative estimate of drug-likeness (QED) is 0.911. The molecule has 0 spiro atoms. The molecule has 1 heterocycles. The molecule has 0 aliphatic heterocycles. The first-order chi connectivity index (χ1) is 9.52. The van der Waals surface area contributed by atoms with E-state index in [4.69, 9.17) is 0 Å². The zero-order chi connectivity index (χ0) is 14.7. The molecule has 0 aliphatic rings. The molecular weight excluding hydrogens is 260 g/mol. The van der Waals surface area contributed by atoms with Crippen molar-refractivity contribution in [3.05, 3.63) is 52.9 Å². The van der Waals surface area contributed by atoms with E-state index in [0.717, 1.165) is 30.4 Å². The lowest BCUT2D eigenvalue weighted by atomic mass is 10.0. The number of halogens is 2. The molecule has 2 rings (SSSR count). The second kappa shape index (κ2) is 6.13. The summed E-state index contributed by atoms with van der Waals surface area (Å²) in [4.78, 5) is 0. The fourth-order valence-corrected chi connectivity index (χ4v) is 2.27. The van der Waals surface area contributed by atoms with Gasteiger partial charge in [0.25, 0.3) is 0 Å². The molecule has 2 aromatic rings. The molecular formula is C15H19F2N3. The zero-order valence-electron chi connectivity index (χ0n) is 12.0. The number of hydrogen-bond donors (Lipinski definition) is 1. The Hall–Kier alpha value is -1.75. The first-order valence-corrected chi connectivity index (χ1v) is 6.71. The van der Waals surface area contributed by atoms with Gasteiger partial charge in [-0.15, -0.1) is 0 Å². The number of benzene rings is 1. The van der Waals surface area contributed by atoms with Crippen LogP contribution in [0.2, 0.25) is 0 Å². The Bertz CT molecular complexity index is 593. The molecule has 0 aliphatic carbocycles. The average molecular weight is 279 g/mol. The largest absolute Gasteiger partial charge is 0.305 e. The van der Waals surface area contributed by atoms with E-state index in [2.05, 4.69) is 17.3 Å². The van der Waals surface area contributed by atoms with Gasteiger partial charge in [-0.05, 0) is 43.7 Å². The third-order valence-electron chi connectivity index (χ3n) is 3.21. The van der Waals surface area contributed by atoms with Crippen LogP contribution in [0.4, 0.5) is 8.78 Å². The Balaban J connectivity index is 2.41. The normalized spacial score (nSPS) is 12.7. The first kappa shape index (κ1) is 14.7. The van der Waals surface area contributed by atoms with Gasteiger partial charge in [-0.25, -0.2) is 8.78 Å². The molecule has 3 nitrogen and oxygen atoms in total. The predicted molar refractivity (Wildman–Crippen MR) is 74.4 cm³/mol. The van der Waals surface area contributed by atoms with Crippen LogP contribution in [-0.2, 0) is 7.05 Å². The van der Waals surface area contributed by atoms with E-state index in [0.29, 0.717) is 5.56 Å². The molecule has 0 fully saturated rings. The molecule has 0 saturated carbocycles. The van der Waals surface area contributed by atoms with Gasteiger partial charge in [0.15, 0.2) is 11.6 Å². The number of rotatable bonds is 5. The van der Waals surface area contributed by atoms with Gasteiger partial charge >= 0.3 is 0 Å². The maximum atomic E-state index is 13.5. The van der Waals surface area contributed by atoms with Crippen molar-refractivity contribution in [1.29, 1.82) is 0 Å². The second-order valence-electron chi connectivity index (χ2n) is 4.89. The highest BCUT2D eigenvalue weighted by atomic mass is 19.2. The maximum absolute atomic E-state index is 13.5. The van der Waals surface area contributed by atoms with Gasteiger partial charge in [0, 0.05) is 7.05 Å². The summed E-state index contributed by atoms with van der Waals surface area (Å²) >= 11 is 0. The molecule has 1 N–H and O–H groups in total. The molecule has 5 heteroatoms. The van der Waals surface area contributed by atoms with Gasteiger partial charge in [-0.1, -0.05) is 13.0 Å². The van der Waals surface area contributed by atoms with Crippen LogP contribution >= 0.6 is 0 Å². The Kier molecular flexibility index (Phi) is 4.49. The van der Waals surface area contributed by atoms with Gasteiger partial charge in [0.2, 0.25) is 0 Å². The Morgan fingerprint density at radius 1 is 1.25 bits per heavy atom. The van der Waals surface area contributed by atoms with Crippen molar-refractivity contribution in [1.82, 2.24) is 15.1 Å². The molecule has 0 bridgehead atoms. The highest BCUT2D eigenvalue weighted by molar-refractivity contribution is 5.29. The average Bonchev–Trinajstić information content (AvgIpc) is 2.73. The van der Waals surface area contributed by atoms with Crippen LogP contribution in [0.25, 0.3) is 0 Å². The van der Waals surface area contributed by atoms with Crippen LogP contribution in [-0.4, -0.2) is 16.3 Å². The number of aryl methyl sites for hydroxylation is 2. The number of hydrogen-bond acceptors (Lipinski definition) is 2. The summed E-state index contributed by atoms with van der Waals surface area (Å²) in [5.74, 6) is -1.66. The van der Waals surface area contributed by atoms with E-state index < -0.39 is 11.6 Å². The third-order valence-corrected chi connectivity index (χ3v) is 3.21. The summed E-state index contributed by atoms with van der Waals surface area (Å²) in [6, 6.07) is 5.76. The molecule has 1 atom stereocenters. The van der Waals surface area contributed by atoms with E-state index in [1.165, 1.54) is 6.07 Å². The molecule has 1 unspecified atom stereocenters. The van der Waals surface area contributed by atoms with Crippen molar-refractivity contribution in [2.45, 2.75) is 26.3 Å². The van der Waals surface area contributed by atoms with Crippen molar-refractivity contribution in [2.75, 3.05) is 6.54 Å². The van der Waals surface area contributed by atoms with E-state index in [1.807, 2.05) is 20.0 Å². The van der Waals surface area contributed by atoms with E-state index in [-0.39, 0.29) is 6.04 Å². The summed E-state index contributed by atoms with van der Waals surface area (Å²) in [5, 5.41) is 7.67. The smallest absolute Gasteiger partial charge is 0.159 e. The van der Waals surface area contributed by atoms with Crippen LogP contribution in [0.5, 0.6) is 0 Å². The number of nitrogens with one attached hydrogen (secondary N) is 1. The van der Waals surface area contributed by atoms with Crippen LogP contribution in [0.1, 0.15) is 36.3 Å². The third kappa shape index (κ3) is 3.04. The van der Waals surface area contributed by atoms with Gasteiger partial charge in [-0.2, -0.15) is 5.10 Å². The summed E-state index contributed by atoms with van der Waals surface area (Å²) < 4.78 is 28.3. The Labute approximate surface area is 117 Å². The van der Waals surface area contributed by atoms with Crippen LogP contribution in [0, 0.1) is 18.6 Å². The van der Waals surface area contributed by atoms with Crippen molar-refractivity contribution in [3.8, 4) is 0 Å². The molecule has 1 aromatic heterocycles. The topological polar surface area (TPSA) is 29.9 Å². The van der Waals surface area contributed by atoms with Crippen LogP contribution in [0.3, 0.4) is 0 Å². The molecule has 20 heavy (non-hydrogen) atoms. The SMILES string of the molecule is CCCNC(c1ccc(F)c(F)c1)c1cc(C)nn1C. The number of nitrogens with zero attached hydrogens (tertiary/aromatic N) is 2. The van der Waals surface area contributed by atoms with E-state index >= 15 is 0 Å². The Morgan fingerprint density at radius 2 is 2.00 bits per heavy atom. The fourth-order valence-electron chi connectivity index (χ4n) is 2.27. The van der Waals surface area contributed by atoms with Crippen LogP contribution < -0.4 is 5.32 Å². The highest BCUT2D eigenvalue weighted by Crippen LogP contribution is 2.24. The minimum atomic E-state index is -0.829. The lowest BCUT2D eigenvalue weighted by molar-refractivity contribution is 0.500. The molecule has 0 saturated heterocycles. The van der Waals surface area contributed by atoms with Gasteiger partial charge in [0.05, 0.1) is 17.4 Å². The van der Waals surface area contributed by atoms with E-state index in [1.54, 1.807) is 10.7 Å². The summed E-state index contributed by atoms with van der Waals surface area (Å²) in [6.07, 6.45) is 0.955. The predicted octanol–water partition coefficient (Wildman–Crippen LogP) is 3.10. The standard InChI is InChI=1S/C15H19F2N3/c1-4-7-18-15(14-8-10(2)19-20(14)3)11-5-6-12(16)13(17)9-11/h5-6,8-9,15,18H,4,7H2,1-3H3. The van der Waals surface area contributed by atoms with Crippen molar-refractivity contribution in [3.63, 3.8) is 0 Å². The summed E-state index contributed by atoms with van der Waals surface area (Å²) in [6.45, 7) is 4.75. The highest BCUT2D eigenvalue weighted by Gasteiger charge is 2.19. The minimum Gasteiger partial charge on any atom is -0.305 e. The Morgan fingerprint density at radius 3 is 2.55 bits per heavy atom. The molecule has 0 radical (unpaired) electrons. The molecule has 1 aromatic carbocycles. The van der Waals surface area contributed by atoms with Crippen LogP contribution in [0.15, 0.2) is 24.3 Å². The number of aromatic nitrogens is 2. The summed E-state index contributed by atoms with van der Waals surface area (Å²) in [7, 11) is 1.85. The lowest BCUT2D eigenvalue weighted by Gasteiger charge is -2.19. The molecule has 108 valence electrons. The first-order valence-electron chi connectivity index (χ1n) is 6.71. The summed E-state index contributed by atoms with van der Waals surface area (Å²) in [5.41, 5.74) is 2.52. The van der Waals surface area contributed by atoms with Crippen molar-refractivity contribution in [2.24, 2.45) is 7.05 Å². The maximum Gasteiger partial charge on any atom is 0.159 e. The van der Waals surface area contributed by atoms with Gasteiger partial charge in [0.1, 0.15) is 0 Å². The van der Waals surface area contributed by atoms with Crippen molar-refractivity contribution >= 4 is 0 Å². The lowest BCUT2D eigenvalue weighted by Crippen LogP contribution is -2.25. The fraction of sp³-hybridized carbons (Fsp3) is 0.400. The zero-order valence-corrected chi connectivity index (χ0v) is 12.0. The monoisotopic (exact) mass is 279 g/mol. The van der Waals surface area contributed by atoms with E-state index in [9.17, 15) is 8.78 Å². The van der Waals surface area contributed by atoms with Gasteiger partial charge < -0.3 is 5.32 Å². The second-order valence-corrected chi connectivity index (χ2v) is 4.89. The minimum absolute atomic E-state index is 0.198. The molecule has 0 amide bonds. The van der Waals surface area contributed by atoms with Gasteiger partial charge in [-0.3, -0.25) is 4.68 Å². The van der Waals surface area contributed by atoms with Crippen molar-refractivity contribution < 1.29 is 8.78 Å².